The summed E-state index contributed by atoms with van der Waals surface area (Å²) in [5.41, 5.74) is 3.11. The number of fused-ring (bicyclic) bond motifs is 1. The molecule has 3 aromatic rings. The summed E-state index contributed by atoms with van der Waals surface area (Å²) in [6.07, 6.45) is 3.16. The van der Waals surface area contributed by atoms with E-state index >= 15 is 0 Å². The van der Waals surface area contributed by atoms with Crippen LogP contribution in [0.3, 0.4) is 0 Å². The molecule has 1 aliphatic heterocycles. The van der Waals surface area contributed by atoms with Gasteiger partial charge >= 0.3 is 0 Å². The van der Waals surface area contributed by atoms with E-state index in [2.05, 4.69) is 33.9 Å². The molecule has 1 atom stereocenters. The van der Waals surface area contributed by atoms with Crippen LogP contribution < -0.4 is 0 Å². The van der Waals surface area contributed by atoms with Gasteiger partial charge in [0.1, 0.15) is 5.82 Å². The second-order valence-corrected chi connectivity index (χ2v) is 6.94. The molecule has 2 nitrogen and oxygen atoms in total. The van der Waals surface area contributed by atoms with Crippen molar-refractivity contribution >= 4 is 11.6 Å². The fraction of sp³-hybridized carbons (Fsp3) is 0.238. The van der Waals surface area contributed by atoms with E-state index in [0.717, 1.165) is 35.7 Å². The second kappa shape index (κ2) is 7.03. The van der Waals surface area contributed by atoms with Crippen LogP contribution in [0.4, 0.5) is 4.39 Å². The van der Waals surface area contributed by atoms with Crippen molar-refractivity contribution in [2.45, 2.75) is 25.6 Å². The Morgan fingerprint density at radius 3 is 2.72 bits per heavy atom. The maximum Gasteiger partial charge on any atom is 0.127 e. The van der Waals surface area contributed by atoms with Gasteiger partial charge in [0.25, 0.3) is 0 Å². The van der Waals surface area contributed by atoms with E-state index in [-0.39, 0.29) is 11.9 Å². The van der Waals surface area contributed by atoms with Crippen molar-refractivity contribution in [3.8, 4) is 0 Å². The van der Waals surface area contributed by atoms with Gasteiger partial charge in [0.2, 0.25) is 0 Å². The van der Waals surface area contributed by atoms with Crippen LogP contribution in [0.1, 0.15) is 29.3 Å². The van der Waals surface area contributed by atoms with E-state index in [9.17, 15) is 4.39 Å². The van der Waals surface area contributed by atoms with Crippen LogP contribution in [-0.2, 0) is 13.1 Å². The summed E-state index contributed by atoms with van der Waals surface area (Å²) in [6, 6.07) is 19.3. The lowest BCUT2D eigenvalue weighted by molar-refractivity contribution is 0.217. The monoisotopic (exact) mass is 354 g/mol. The largest absolute Gasteiger partial charge is 0.350 e. The van der Waals surface area contributed by atoms with Crippen molar-refractivity contribution in [2.75, 3.05) is 6.54 Å². The zero-order chi connectivity index (χ0) is 17.2. The predicted octanol–water partition coefficient (Wildman–Crippen LogP) is 5.28. The zero-order valence-corrected chi connectivity index (χ0v) is 14.7. The molecule has 2 heterocycles. The van der Waals surface area contributed by atoms with Crippen LogP contribution in [0.5, 0.6) is 0 Å². The highest BCUT2D eigenvalue weighted by Crippen LogP contribution is 2.34. The third kappa shape index (κ3) is 3.35. The third-order valence-electron chi connectivity index (χ3n) is 4.85. The SMILES string of the molecule is Fc1ccccc1CN1CCCn2cccc2C1c1cccc(Cl)c1. The molecule has 2 aromatic carbocycles. The number of hydrogen-bond donors (Lipinski definition) is 0. The number of rotatable bonds is 3. The predicted molar refractivity (Wildman–Crippen MR) is 99.2 cm³/mol. The Kier molecular flexibility index (Phi) is 4.60. The molecule has 1 aliphatic rings. The fourth-order valence-corrected chi connectivity index (χ4v) is 3.91. The number of benzene rings is 2. The maximum absolute atomic E-state index is 14.2. The highest BCUT2D eigenvalue weighted by molar-refractivity contribution is 6.30. The van der Waals surface area contributed by atoms with Crippen LogP contribution in [-0.4, -0.2) is 16.0 Å². The van der Waals surface area contributed by atoms with Gasteiger partial charge in [0.15, 0.2) is 0 Å². The number of aromatic nitrogens is 1. The van der Waals surface area contributed by atoms with Gasteiger partial charge in [-0.25, -0.2) is 4.39 Å². The maximum atomic E-state index is 14.2. The minimum absolute atomic E-state index is 0.0656. The first-order chi connectivity index (χ1) is 12.2. The Hall–Kier alpha value is -2.10. The lowest BCUT2D eigenvalue weighted by atomic mass is 10.0. The molecule has 0 N–H and O–H groups in total. The van der Waals surface area contributed by atoms with Gasteiger partial charge in [-0.1, -0.05) is 41.9 Å². The first-order valence-corrected chi connectivity index (χ1v) is 8.98. The smallest absolute Gasteiger partial charge is 0.127 e. The molecule has 0 bridgehead atoms. The fourth-order valence-electron chi connectivity index (χ4n) is 3.71. The van der Waals surface area contributed by atoms with Crippen molar-refractivity contribution in [1.29, 1.82) is 0 Å². The first kappa shape index (κ1) is 16.4. The average molecular weight is 355 g/mol. The summed E-state index contributed by atoms with van der Waals surface area (Å²) in [7, 11) is 0. The normalized spacial score (nSPS) is 17.9. The van der Waals surface area contributed by atoms with Gasteiger partial charge < -0.3 is 4.57 Å². The molecule has 4 heteroatoms. The molecule has 0 amide bonds. The Balaban J connectivity index is 1.77. The van der Waals surface area contributed by atoms with Crippen LogP contribution in [0.2, 0.25) is 5.02 Å². The molecule has 1 aromatic heterocycles. The molecule has 4 rings (SSSR count). The summed E-state index contributed by atoms with van der Waals surface area (Å²) in [6.45, 7) is 2.47. The Morgan fingerprint density at radius 2 is 1.88 bits per heavy atom. The molecular weight excluding hydrogens is 335 g/mol. The van der Waals surface area contributed by atoms with Gasteiger partial charge in [-0.2, -0.15) is 0 Å². The van der Waals surface area contributed by atoms with Gasteiger partial charge in [-0.3, -0.25) is 4.90 Å². The highest BCUT2D eigenvalue weighted by Gasteiger charge is 2.28. The van der Waals surface area contributed by atoms with Gasteiger partial charge in [0, 0.05) is 42.1 Å². The first-order valence-electron chi connectivity index (χ1n) is 8.60. The minimum atomic E-state index is -0.146. The van der Waals surface area contributed by atoms with E-state index in [4.69, 9.17) is 11.6 Å². The van der Waals surface area contributed by atoms with Gasteiger partial charge in [-0.05, 0) is 42.3 Å². The van der Waals surface area contributed by atoms with E-state index < -0.39 is 0 Å². The van der Waals surface area contributed by atoms with E-state index in [1.54, 1.807) is 6.07 Å². The van der Waals surface area contributed by atoms with Crippen molar-refractivity contribution in [3.63, 3.8) is 0 Å². The van der Waals surface area contributed by atoms with E-state index in [1.807, 2.05) is 30.3 Å². The molecule has 0 saturated heterocycles. The summed E-state index contributed by atoms with van der Waals surface area (Å²) >= 11 is 6.25. The molecule has 0 aliphatic carbocycles. The lowest BCUT2D eigenvalue weighted by Crippen LogP contribution is -2.29. The van der Waals surface area contributed by atoms with Crippen LogP contribution in [0.25, 0.3) is 0 Å². The second-order valence-electron chi connectivity index (χ2n) is 6.50. The average Bonchev–Trinajstić information content (AvgIpc) is 2.98. The van der Waals surface area contributed by atoms with E-state index in [1.165, 1.54) is 11.8 Å². The number of halogens is 2. The lowest BCUT2D eigenvalue weighted by Gasteiger charge is -2.31. The zero-order valence-electron chi connectivity index (χ0n) is 13.9. The van der Waals surface area contributed by atoms with Crippen LogP contribution in [0, 0.1) is 5.82 Å². The van der Waals surface area contributed by atoms with Crippen LogP contribution in [0.15, 0.2) is 66.9 Å². The molecule has 0 saturated carbocycles. The quantitative estimate of drug-likeness (QED) is 0.621. The Bertz CT molecular complexity index is 874. The Labute approximate surface area is 152 Å². The minimum Gasteiger partial charge on any atom is -0.350 e. The molecule has 128 valence electrons. The molecule has 0 fully saturated rings. The number of hydrogen-bond acceptors (Lipinski definition) is 1. The molecule has 0 spiro atoms. The molecule has 25 heavy (non-hydrogen) atoms. The van der Waals surface area contributed by atoms with Crippen LogP contribution >= 0.6 is 11.6 Å². The summed E-state index contributed by atoms with van der Waals surface area (Å²) in [5, 5.41) is 0.727. The van der Waals surface area contributed by atoms with E-state index in [0.29, 0.717) is 6.54 Å². The number of nitrogens with zero attached hydrogens (tertiary/aromatic N) is 2. The molecule has 0 radical (unpaired) electrons. The topological polar surface area (TPSA) is 8.17 Å². The number of aryl methyl sites for hydroxylation is 1. The molecule has 1 unspecified atom stereocenters. The van der Waals surface area contributed by atoms with Crippen molar-refractivity contribution in [1.82, 2.24) is 9.47 Å². The summed E-state index contributed by atoms with van der Waals surface area (Å²) in [5.74, 6) is -0.146. The van der Waals surface area contributed by atoms with Crippen molar-refractivity contribution in [2.24, 2.45) is 0 Å². The summed E-state index contributed by atoms with van der Waals surface area (Å²) < 4.78 is 16.5. The standard InChI is InChI=1S/C21H20ClFN2/c22-18-8-3-7-16(14-18)21-20-10-4-11-24(20)12-5-13-25(21)15-17-6-1-2-9-19(17)23/h1-4,6-11,14,21H,5,12-13,15H2. The van der Waals surface area contributed by atoms with Gasteiger partial charge in [-0.15, -0.1) is 0 Å². The summed E-state index contributed by atoms with van der Waals surface area (Å²) in [4.78, 5) is 2.35. The van der Waals surface area contributed by atoms with Gasteiger partial charge in [0.05, 0.1) is 6.04 Å². The Morgan fingerprint density at radius 1 is 1.00 bits per heavy atom. The highest BCUT2D eigenvalue weighted by atomic mass is 35.5. The van der Waals surface area contributed by atoms with Crippen molar-refractivity contribution in [3.05, 3.63) is 94.5 Å². The molecular formula is C21H20ClFN2. The van der Waals surface area contributed by atoms with Crippen molar-refractivity contribution < 1.29 is 4.39 Å². The third-order valence-corrected chi connectivity index (χ3v) is 5.09.